The first-order valence-corrected chi connectivity index (χ1v) is 7.26. The Kier molecular flexibility index (Phi) is 7.09. The maximum Gasteiger partial charge on any atom is 0.190 e. The van der Waals surface area contributed by atoms with Gasteiger partial charge in [-0.15, -0.1) is 0 Å². The van der Waals surface area contributed by atoms with Crippen LogP contribution in [-0.2, 0) is 0 Å². The van der Waals surface area contributed by atoms with Crippen LogP contribution in [-0.4, -0.2) is 51.1 Å². The highest BCUT2D eigenvalue weighted by atomic mass is 15.2. The molecule has 1 saturated heterocycles. The Morgan fingerprint density at radius 1 is 1.22 bits per heavy atom. The van der Waals surface area contributed by atoms with Crippen LogP contribution in [0, 0.1) is 11.8 Å². The Balaban J connectivity index is 2.07. The van der Waals surface area contributed by atoms with Gasteiger partial charge in [-0.05, 0) is 37.6 Å². The van der Waals surface area contributed by atoms with Gasteiger partial charge in [-0.2, -0.15) is 0 Å². The highest BCUT2D eigenvalue weighted by Crippen LogP contribution is 2.20. The predicted molar refractivity (Wildman–Crippen MR) is 79.0 cm³/mol. The summed E-state index contributed by atoms with van der Waals surface area (Å²) in [7, 11) is 3.70. The molecule has 0 aliphatic carbocycles. The van der Waals surface area contributed by atoms with E-state index in [1.54, 1.807) is 7.05 Å². The Morgan fingerprint density at radius 2 is 1.89 bits per heavy atom. The SMILES string of the molecule is CN=C(NC)NCCCCN1CC(C)CC(C)C1. The van der Waals surface area contributed by atoms with Gasteiger partial charge in [0, 0.05) is 33.7 Å². The van der Waals surface area contributed by atoms with Crippen molar-refractivity contribution in [2.24, 2.45) is 16.8 Å². The number of piperidine rings is 1. The summed E-state index contributed by atoms with van der Waals surface area (Å²) in [6, 6.07) is 0. The van der Waals surface area contributed by atoms with Gasteiger partial charge in [0.15, 0.2) is 5.96 Å². The van der Waals surface area contributed by atoms with Crippen molar-refractivity contribution in [3.8, 4) is 0 Å². The molecule has 0 aromatic heterocycles. The fourth-order valence-corrected chi connectivity index (χ4v) is 2.92. The molecule has 0 amide bonds. The van der Waals surface area contributed by atoms with Crippen LogP contribution in [0.25, 0.3) is 0 Å². The first-order chi connectivity index (χ1) is 8.65. The van der Waals surface area contributed by atoms with E-state index >= 15 is 0 Å². The second-order valence-electron chi connectivity index (χ2n) is 5.66. The van der Waals surface area contributed by atoms with E-state index < -0.39 is 0 Å². The lowest BCUT2D eigenvalue weighted by Gasteiger charge is -2.34. The lowest BCUT2D eigenvalue weighted by atomic mass is 9.92. The van der Waals surface area contributed by atoms with E-state index in [4.69, 9.17) is 0 Å². The number of guanidine groups is 1. The van der Waals surface area contributed by atoms with Crippen molar-refractivity contribution in [1.29, 1.82) is 0 Å². The number of nitrogens with one attached hydrogen (secondary N) is 2. The smallest absolute Gasteiger partial charge is 0.190 e. The van der Waals surface area contributed by atoms with Crippen LogP contribution < -0.4 is 10.6 Å². The van der Waals surface area contributed by atoms with Gasteiger partial charge in [0.2, 0.25) is 0 Å². The van der Waals surface area contributed by atoms with Crippen molar-refractivity contribution in [1.82, 2.24) is 15.5 Å². The molecule has 2 N–H and O–H groups in total. The van der Waals surface area contributed by atoms with Gasteiger partial charge in [-0.25, -0.2) is 0 Å². The molecule has 0 aromatic rings. The third kappa shape index (κ3) is 5.71. The molecular formula is C14H30N4. The van der Waals surface area contributed by atoms with Crippen LogP contribution in [0.5, 0.6) is 0 Å². The molecule has 4 nitrogen and oxygen atoms in total. The summed E-state index contributed by atoms with van der Waals surface area (Å²) in [6.45, 7) is 9.58. The van der Waals surface area contributed by atoms with Gasteiger partial charge in [-0.3, -0.25) is 4.99 Å². The Bertz CT molecular complexity index is 242. The van der Waals surface area contributed by atoms with Crippen LogP contribution >= 0.6 is 0 Å². The molecule has 0 saturated carbocycles. The van der Waals surface area contributed by atoms with Crippen molar-refractivity contribution in [2.45, 2.75) is 33.1 Å². The summed E-state index contributed by atoms with van der Waals surface area (Å²) in [5.41, 5.74) is 0. The van der Waals surface area contributed by atoms with Crippen LogP contribution in [0.2, 0.25) is 0 Å². The van der Waals surface area contributed by atoms with Crippen LogP contribution in [0.15, 0.2) is 4.99 Å². The zero-order valence-electron chi connectivity index (χ0n) is 12.5. The normalized spacial score (nSPS) is 26.1. The summed E-state index contributed by atoms with van der Waals surface area (Å²) in [6.07, 6.45) is 3.88. The molecule has 1 rings (SSSR count). The monoisotopic (exact) mass is 254 g/mol. The second kappa shape index (κ2) is 8.35. The predicted octanol–water partition coefficient (Wildman–Crippen LogP) is 1.54. The number of rotatable bonds is 5. The minimum Gasteiger partial charge on any atom is -0.359 e. The van der Waals surface area contributed by atoms with E-state index in [-0.39, 0.29) is 0 Å². The molecule has 0 bridgehead atoms. The maximum atomic E-state index is 4.10. The lowest BCUT2D eigenvalue weighted by molar-refractivity contribution is 0.139. The molecule has 4 heteroatoms. The van der Waals surface area contributed by atoms with Crippen LogP contribution in [0.1, 0.15) is 33.1 Å². The number of aliphatic imine (C=N–C) groups is 1. The van der Waals surface area contributed by atoms with E-state index in [2.05, 4.69) is 34.4 Å². The van der Waals surface area contributed by atoms with Gasteiger partial charge >= 0.3 is 0 Å². The number of likely N-dealkylation sites (tertiary alicyclic amines) is 1. The van der Waals surface area contributed by atoms with Gasteiger partial charge in [0.25, 0.3) is 0 Å². The largest absolute Gasteiger partial charge is 0.359 e. The van der Waals surface area contributed by atoms with Crippen LogP contribution in [0.3, 0.4) is 0 Å². The highest BCUT2D eigenvalue weighted by molar-refractivity contribution is 5.79. The zero-order chi connectivity index (χ0) is 13.4. The summed E-state index contributed by atoms with van der Waals surface area (Å²) in [5.74, 6) is 2.63. The number of hydrogen-bond donors (Lipinski definition) is 2. The standard InChI is InChI=1S/C14H30N4/c1-12-9-13(2)11-18(10-12)8-6-5-7-17-14(15-3)16-4/h12-13H,5-11H2,1-4H3,(H2,15,16,17). The van der Waals surface area contributed by atoms with E-state index in [1.165, 1.54) is 38.9 Å². The third-order valence-corrected chi connectivity index (χ3v) is 3.60. The Labute approximate surface area is 112 Å². The molecule has 1 aliphatic rings. The summed E-state index contributed by atoms with van der Waals surface area (Å²) < 4.78 is 0. The van der Waals surface area contributed by atoms with Crippen molar-refractivity contribution >= 4 is 5.96 Å². The average molecular weight is 254 g/mol. The molecule has 0 spiro atoms. The first kappa shape index (κ1) is 15.3. The molecule has 2 unspecified atom stereocenters. The van der Waals surface area contributed by atoms with E-state index in [0.717, 1.165) is 24.3 Å². The molecular weight excluding hydrogens is 224 g/mol. The van der Waals surface area contributed by atoms with Gasteiger partial charge < -0.3 is 15.5 Å². The highest BCUT2D eigenvalue weighted by Gasteiger charge is 2.20. The Morgan fingerprint density at radius 3 is 2.44 bits per heavy atom. The van der Waals surface area contributed by atoms with Gasteiger partial charge in [-0.1, -0.05) is 13.8 Å². The summed E-state index contributed by atoms with van der Waals surface area (Å²) in [4.78, 5) is 6.73. The molecule has 0 radical (unpaired) electrons. The summed E-state index contributed by atoms with van der Waals surface area (Å²) >= 11 is 0. The molecule has 1 fully saturated rings. The van der Waals surface area contributed by atoms with E-state index in [0.29, 0.717) is 0 Å². The molecule has 0 aromatic carbocycles. The zero-order valence-corrected chi connectivity index (χ0v) is 12.5. The fourth-order valence-electron chi connectivity index (χ4n) is 2.92. The number of hydrogen-bond acceptors (Lipinski definition) is 2. The van der Waals surface area contributed by atoms with Crippen molar-refractivity contribution in [3.63, 3.8) is 0 Å². The van der Waals surface area contributed by atoms with Crippen molar-refractivity contribution < 1.29 is 0 Å². The van der Waals surface area contributed by atoms with E-state index in [9.17, 15) is 0 Å². The molecule has 2 atom stereocenters. The average Bonchev–Trinajstić information content (AvgIpc) is 2.32. The topological polar surface area (TPSA) is 39.7 Å². The van der Waals surface area contributed by atoms with Crippen LogP contribution in [0.4, 0.5) is 0 Å². The van der Waals surface area contributed by atoms with Gasteiger partial charge in [0.05, 0.1) is 0 Å². The third-order valence-electron chi connectivity index (χ3n) is 3.60. The number of nitrogens with zero attached hydrogens (tertiary/aromatic N) is 2. The quantitative estimate of drug-likeness (QED) is 0.444. The lowest BCUT2D eigenvalue weighted by Crippen LogP contribution is -2.39. The van der Waals surface area contributed by atoms with Crippen molar-refractivity contribution in [3.05, 3.63) is 0 Å². The van der Waals surface area contributed by atoms with Gasteiger partial charge in [0.1, 0.15) is 0 Å². The summed E-state index contributed by atoms with van der Waals surface area (Å²) in [5, 5.41) is 6.33. The molecule has 18 heavy (non-hydrogen) atoms. The molecule has 1 aliphatic heterocycles. The fraction of sp³-hybridized carbons (Fsp3) is 0.929. The Hall–Kier alpha value is -0.770. The molecule has 106 valence electrons. The second-order valence-corrected chi connectivity index (χ2v) is 5.66. The first-order valence-electron chi connectivity index (χ1n) is 7.26. The van der Waals surface area contributed by atoms with E-state index in [1.807, 2.05) is 7.05 Å². The number of unbranched alkanes of at least 4 members (excludes halogenated alkanes) is 1. The minimum atomic E-state index is 0.870. The minimum absolute atomic E-state index is 0.870. The van der Waals surface area contributed by atoms with Crippen molar-refractivity contribution in [2.75, 3.05) is 40.3 Å². The molecule has 1 heterocycles. The maximum absolute atomic E-state index is 4.10.